The van der Waals surface area contributed by atoms with E-state index < -0.39 is 97.5 Å². The van der Waals surface area contributed by atoms with Crippen molar-refractivity contribution in [3.8, 4) is 0 Å². The summed E-state index contributed by atoms with van der Waals surface area (Å²) in [6.07, 6.45) is 66.7. The molecule has 0 aliphatic rings. The van der Waals surface area contributed by atoms with Crippen LogP contribution in [-0.4, -0.2) is 96.7 Å². The maximum absolute atomic E-state index is 13.1. The number of unbranched alkanes of at least 4 members (excludes halogenated alkanes) is 54. The number of hydrogen-bond donors (Lipinski definition) is 3. The Morgan fingerprint density at radius 1 is 0.267 bits per heavy atom. The van der Waals surface area contributed by atoms with Gasteiger partial charge in [-0.2, -0.15) is 0 Å². The van der Waals surface area contributed by atoms with Gasteiger partial charge in [-0.05, 0) is 31.6 Å². The van der Waals surface area contributed by atoms with Crippen LogP contribution in [0.25, 0.3) is 0 Å². The van der Waals surface area contributed by atoms with Crippen LogP contribution in [0.5, 0.6) is 0 Å². The first kappa shape index (κ1) is 99.1. The van der Waals surface area contributed by atoms with Crippen molar-refractivity contribution in [1.29, 1.82) is 0 Å². The van der Waals surface area contributed by atoms with Gasteiger partial charge in [0.25, 0.3) is 0 Å². The third-order valence-electron chi connectivity index (χ3n) is 19.3. The topological polar surface area (TPSA) is 237 Å². The van der Waals surface area contributed by atoms with Crippen LogP contribution in [-0.2, 0) is 65.4 Å². The molecule has 0 aromatic heterocycles. The molecule has 600 valence electrons. The molecule has 0 fully saturated rings. The number of aliphatic hydroxyl groups excluding tert-OH is 1. The second kappa shape index (κ2) is 74.9. The van der Waals surface area contributed by atoms with E-state index in [0.717, 1.165) is 102 Å². The van der Waals surface area contributed by atoms with Crippen molar-refractivity contribution < 1.29 is 80.2 Å². The van der Waals surface area contributed by atoms with E-state index in [2.05, 4.69) is 34.6 Å². The highest BCUT2D eigenvalue weighted by atomic mass is 31.2. The van der Waals surface area contributed by atoms with Crippen LogP contribution >= 0.6 is 15.6 Å². The minimum absolute atomic E-state index is 0.108. The van der Waals surface area contributed by atoms with Gasteiger partial charge in [-0.15, -0.1) is 0 Å². The Balaban J connectivity index is 5.19. The highest BCUT2D eigenvalue weighted by Gasteiger charge is 2.30. The highest BCUT2D eigenvalue weighted by Crippen LogP contribution is 2.45. The number of rotatable bonds is 82. The van der Waals surface area contributed by atoms with Gasteiger partial charge in [0.15, 0.2) is 12.2 Å². The summed E-state index contributed by atoms with van der Waals surface area (Å²) in [5.41, 5.74) is 0. The summed E-state index contributed by atoms with van der Waals surface area (Å²) in [5, 5.41) is 10.6. The molecule has 0 radical (unpaired) electrons. The van der Waals surface area contributed by atoms with E-state index >= 15 is 0 Å². The molecule has 0 spiro atoms. The summed E-state index contributed by atoms with van der Waals surface area (Å²) in [6.45, 7) is 7.34. The van der Waals surface area contributed by atoms with E-state index in [9.17, 15) is 43.2 Å². The van der Waals surface area contributed by atoms with Crippen LogP contribution in [0.3, 0.4) is 0 Å². The number of carbonyl (C=O) groups is 4. The summed E-state index contributed by atoms with van der Waals surface area (Å²) in [7, 11) is -9.92. The Labute approximate surface area is 619 Å². The van der Waals surface area contributed by atoms with Crippen molar-refractivity contribution >= 4 is 39.5 Å². The van der Waals surface area contributed by atoms with E-state index in [0.29, 0.717) is 25.7 Å². The summed E-state index contributed by atoms with van der Waals surface area (Å²) in [6, 6.07) is 0. The van der Waals surface area contributed by atoms with Gasteiger partial charge in [-0.3, -0.25) is 37.3 Å². The van der Waals surface area contributed by atoms with Gasteiger partial charge in [0.05, 0.1) is 26.4 Å². The third-order valence-corrected chi connectivity index (χ3v) is 21.2. The molecule has 19 heteroatoms. The maximum Gasteiger partial charge on any atom is 0.472 e. The molecule has 0 aliphatic heterocycles. The Morgan fingerprint density at radius 3 is 0.673 bits per heavy atom. The van der Waals surface area contributed by atoms with Gasteiger partial charge in [0.1, 0.15) is 19.3 Å². The molecule has 0 heterocycles. The van der Waals surface area contributed by atoms with Crippen LogP contribution in [0.1, 0.15) is 439 Å². The number of phosphoric ester groups is 2. The lowest BCUT2D eigenvalue weighted by Gasteiger charge is -2.21. The van der Waals surface area contributed by atoms with Gasteiger partial charge in [-0.25, -0.2) is 9.13 Å². The zero-order valence-electron chi connectivity index (χ0n) is 66.1. The minimum Gasteiger partial charge on any atom is -0.462 e. The van der Waals surface area contributed by atoms with Crippen molar-refractivity contribution in [2.24, 2.45) is 5.92 Å². The Hall–Kier alpha value is -1.94. The van der Waals surface area contributed by atoms with E-state index in [1.807, 2.05) is 0 Å². The van der Waals surface area contributed by atoms with Crippen molar-refractivity contribution in [3.05, 3.63) is 0 Å². The highest BCUT2D eigenvalue weighted by molar-refractivity contribution is 7.47. The molecule has 0 saturated heterocycles. The smallest absolute Gasteiger partial charge is 0.462 e. The number of esters is 4. The molecular weight excluding hydrogens is 1320 g/mol. The molecule has 101 heavy (non-hydrogen) atoms. The molecule has 0 amide bonds. The molecule has 0 aliphatic carbocycles. The summed E-state index contributed by atoms with van der Waals surface area (Å²) < 4.78 is 68.7. The molecule has 0 rings (SSSR count). The fraction of sp³-hybridized carbons (Fsp3) is 0.951. The Morgan fingerprint density at radius 2 is 0.455 bits per heavy atom. The lowest BCUT2D eigenvalue weighted by Crippen LogP contribution is -2.30. The van der Waals surface area contributed by atoms with Crippen molar-refractivity contribution in [2.75, 3.05) is 39.6 Å². The average Bonchev–Trinajstić information content (AvgIpc) is 0.970. The van der Waals surface area contributed by atoms with Crippen molar-refractivity contribution in [1.82, 2.24) is 0 Å². The lowest BCUT2D eigenvalue weighted by molar-refractivity contribution is -0.161. The van der Waals surface area contributed by atoms with E-state index in [1.54, 1.807) is 0 Å². The standard InChI is InChI=1S/C82H160O17P2/c1-6-9-12-15-18-21-23-25-27-28-29-30-31-36-40-44-48-53-58-63-68-82(87)99-78(72-93-80(85)66-61-56-51-46-42-39-35-33-32-34-37-41-45-49-54-59-64-75(4)5)74-97-101(90,91)95-70-76(83)69-94-100(88,89)96-73-77(71-92-79(84)65-60-55-50-20-17-14-11-8-3)98-81(86)67-62-57-52-47-43-38-26-24-22-19-16-13-10-7-2/h75-78,83H,6-74H2,1-5H3,(H,88,89)(H,90,91)/t76-,77+,78+/m0/s1. The van der Waals surface area contributed by atoms with Gasteiger partial charge in [-0.1, -0.05) is 388 Å². The van der Waals surface area contributed by atoms with Gasteiger partial charge >= 0.3 is 39.5 Å². The van der Waals surface area contributed by atoms with Crippen LogP contribution < -0.4 is 0 Å². The average molecular weight is 1480 g/mol. The summed E-state index contributed by atoms with van der Waals surface area (Å²) >= 11 is 0. The minimum atomic E-state index is -4.96. The Kier molecular flexibility index (Phi) is 73.5. The molecule has 0 aromatic carbocycles. The predicted molar refractivity (Wildman–Crippen MR) is 414 cm³/mol. The van der Waals surface area contributed by atoms with E-state index in [1.165, 1.54) is 257 Å². The molecular formula is C82H160O17P2. The molecule has 17 nitrogen and oxygen atoms in total. The first-order chi connectivity index (χ1) is 49.0. The molecule has 5 atom stereocenters. The fourth-order valence-electron chi connectivity index (χ4n) is 12.8. The van der Waals surface area contributed by atoms with Crippen molar-refractivity contribution in [3.63, 3.8) is 0 Å². The number of carbonyl (C=O) groups excluding carboxylic acids is 4. The second-order valence-electron chi connectivity index (χ2n) is 30.0. The van der Waals surface area contributed by atoms with Gasteiger partial charge in [0.2, 0.25) is 0 Å². The van der Waals surface area contributed by atoms with Gasteiger partial charge < -0.3 is 33.8 Å². The first-order valence-electron chi connectivity index (χ1n) is 42.6. The number of hydrogen-bond acceptors (Lipinski definition) is 15. The SMILES string of the molecule is CCCCCCCCCCCCCCCCCCCCCCC(=O)O[C@H](COC(=O)CCCCCCCCCCCCCCCCCCC(C)C)COP(=O)(O)OC[C@@H](O)COP(=O)(O)OC[C@@H](COC(=O)CCCCCCCCCC)OC(=O)CCCCCCCCCCCCCCCC. The quantitative estimate of drug-likeness (QED) is 0.0222. The number of ether oxygens (including phenoxy) is 4. The molecule has 2 unspecified atom stereocenters. The zero-order chi connectivity index (χ0) is 74.1. The Bertz CT molecular complexity index is 1930. The molecule has 0 aromatic rings. The normalized spacial score (nSPS) is 13.8. The van der Waals surface area contributed by atoms with Crippen LogP contribution in [0.4, 0.5) is 0 Å². The lowest BCUT2D eigenvalue weighted by atomic mass is 10.0. The monoisotopic (exact) mass is 1480 g/mol. The van der Waals surface area contributed by atoms with Crippen molar-refractivity contribution in [2.45, 2.75) is 457 Å². The molecule has 3 N–H and O–H groups in total. The number of aliphatic hydroxyl groups is 1. The van der Waals surface area contributed by atoms with E-state index in [-0.39, 0.29) is 25.7 Å². The first-order valence-corrected chi connectivity index (χ1v) is 45.6. The number of phosphoric acid groups is 2. The van der Waals surface area contributed by atoms with Crippen LogP contribution in [0.2, 0.25) is 0 Å². The summed E-state index contributed by atoms with van der Waals surface area (Å²) in [4.78, 5) is 73.0. The van der Waals surface area contributed by atoms with Crippen LogP contribution in [0, 0.1) is 5.92 Å². The predicted octanol–water partition coefficient (Wildman–Crippen LogP) is 24.8. The largest absolute Gasteiger partial charge is 0.472 e. The van der Waals surface area contributed by atoms with E-state index in [4.69, 9.17) is 37.0 Å². The van der Waals surface area contributed by atoms with Crippen LogP contribution in [0.15, 0.2) is 0 Å². The fourth-order valence-corrected chi connectivity index (χ4v) is 14.3. The summed E-state index contributed by atoms with van der Waals surface area (Å²) in [5.74, 6) is -1.29. The van der Waals surface area contributed by atoms with Gasteiger partial charge in [0, 0.05) is 25.7 Å². The zero-order valence-corrected chi connectivity index (χ0v) is 67.8. The second-order valence-corrected chi connectivity index (χ2v) is 32.9. The maximum atomic E-state index is 13.1. The molecule has 0 saturated carbocycles. The third kappa shape index (κ3) is 76.1. The molecule has 0 bridgehead atoms.